The zero-order valence-electron chi connectivity index (χ0n) is 20.6. The molecular weight excluding hydrogens is 592 g/mol. The average molecular weight is 620 g/mol. The molecule has 0 saturated heterocycles. The molecule has 1 N–H and O–H groups in total. The minimum absolute atomic E-state index is 0.0447. The molecule has 2 heterocycles. The van der Waals surface area contributed by atoms with Crippen molar-refractivity contribution in [3.05, 3.63) is 44.8 Å². The van der Waals surface area contributed by atoms with Crippen molar-refractivity contribution < 1.29 is 32.2 Å². The number of halogens is 4. The summed E-state index contributed by atoms with van der Waals surface area (Å²) in [6.07, 6.45) is -2.94. The summed E-state index contributed by atoms with van der Waals surface area (Å²) in [5.74, 6) is -0.579. The number of nitrogens with zero attached hydrogens (tertiary/aromatic N) is 3. The van der Waals surface area contributed by atoms with E-state index in [0.717, 1.165) is 12.1 Å². The van der Waals surface area contributed by atoms with Gasteiger partial charge in [0, 0.05) is 12.2 Å². The van der Waals surface area contributed by atoms with Crippen LogP contribution in [-0.4, -0.2) is 40.3 Å². The molecule has 36 heavy (non-hydrogen) atoms. The summed E-state index contributed by atoms with van der Waals surface area (Å²) in [6, 6.07) is 2.24. The number of carbonyl (C=O) groups is 2. The third-order valence-corrected chi connectivity index (χ3v) is 6.23. The Balaban J connectivity index is 2.04. The quantitative estimate of drug-likeness (QED) is 0.308. The lowest BCUT2D eigenvalue weighted by atomic mass is 9.89. The number of hydrogen-bond donors (Lipinski definition) is 1. The molecule has 3 rings (SSSR count). The molecule has 2 atom stereocenters. The number of aromatic nitrogens is 2. The normalized spacial score (nSPS) is 17.9. The Kier molecular flexibility index (Phi) is 8.36. The molecule has 2 aromatic rings. The summed E-state index contributed by atoms with van der Waals surface area (Å²) in [5.41, 5.74) is -0.966. The fourth-order valence-corrected chi connectivity index (χ4v) is 4.40. The molecule has 0 saturated carbocycles. The molecule has 0 radical (unpaired) electrons. The van der Waals surface area contributed by atoms with E-state index in [4.69, 9.17) is 9.47 Å². The van der Waals surface area contributed by atoms with E-state index in [1.54, 1.807) is 27.7 Å². The van der Waals surface area contributed by atoms with E-state index in [2.05, 4.69) is 15.3 Å². The first-order chi connectivity index (χ1) is 16.7. The second kappa shape index (κ2) is 10.8. The fraction of sp³-hybridized carbons (Fsp3) is 0.500. The van der Waals surface area contributed by atoms with Crippen molar-refractivity contribution in [1.29, 1.82) is 0 Å². The molecule has 0 aliphatic carbocycles. The van der Waals surface area contributed by atoms with Crippen LogP contribution in [-0.2, 0) is 15.7 Å². The van der Waals surface area contributed by atoms with Gasteiger partial charge in [-0.3, -0.25) is 4.90 Å². The number of fused-ring (bicyclic) bond motifs is 1. The van der Waals surface area contributed by atoms with Gasteiger partial charge >= 0.3 is 18.2 Å². The van der Waals surface area contributed by atoms with Gasteiger partial charge in [0.25, 0.3) is 0 Å². The Morgan fingerprint density at radius 2 is 1.92 bits per heavy atom. The lowest BCUT2D eigenvalue weighted by molar-refractivity contribution is -0.137. The van der Waals surface area contributed by atoms with Crippen molar-refractivity contribution in [2.75, 3.05) is 16.8 Å². The number of nitrogens with one attached hydrogen (secondary N) is 1. The largest absolute Gasteiger partial charge is 0.455 e. The van der Waals surface area contributed by atoms with E-state index in [1.165, 1.54) is 17.2 Å². The number of amides is 1. The van der Waals surface area contributed by atoms with Gasteiger partial charge in [-0.1, -0.05) is 6.92 Å². The Morgan fingerprint density at radius 1 is 1.22 bits per heavy atom. The molecule has 1 aliphatic heterocycles. The highest BCUT2D eigenvalue weighted by Gasteiger charge is 2.39. The lowest BCUT2D eigenvalue weighted by Gasteiger charge is -2.40. The van der Waals surface area contributed by atoms with E-state index in [0.29, 0.717) is 15.7 Å². The van der Waals surface area contributed by atoms with Gasteiger partial charge in [0.15, 0.2) is 5.69 Å². The molecule has 0 unspecified atom stereocenters. The van der Waals surface area contributed by atoms with Crippen molar-refractivity contribution in [3.8, 4) is 0 Å². The number of anilines is 2. The third kappa shape index (κ3) is 6.37. The van der Waals surface area contributed by atoms with Crippen LogP contribution in [0.4, 0.5) is 29.6 Å². The van der Waals surface area contributed by atoms with Crippen LogP contribution in [0.2, 0.25) is 0 Å². The maximum absolute atomic E-state index is 13.6. The van der Waals surface area contributed by atoms with Crippen molar-refractivity contribution in [3.63, 3.8) is 0 Å². The molecule has 12 heteroatoms. The summed E-state index contributed by atoms with van der Waals surface area (Å²) in [6.45, 7) is 8.87. The fourth-order valence-electron chi connectivity index (χ4n) is 3.92. The average Bonchev–Trinajstić information content (AvgIpc) is 2.77. The molecule has 0 bridgehead atoms. The minimum Gasteiger partial charge on any atom is -0.455 e. The number of alkyl halides is 3. The summed E-state index contributed by atoms with van der Waals surface area (Å²) < 4.78 is 51.7. The van der Waals surface area contributed by atoms with Gasteiger partial charge in [0.1, 0.15) is 5.60 Å². The van der Waals surface area contributed by atoms with Gasteiger partial charge in [0.2, 0.25) is 5.95 Å². The van der Waals surface area contributed by atoms with Crippen molar-refractivity contribution in [1.82, 2.24) is 9.97 Å². The van der Waals surface area contributed by atoms with Crippen LogP contribution in [0.15, 0.2) is 24.4 Å². The molecular formula is C24H28F3IN4O4. The zero-order valence-corrected chi connectivity index (χ0v) is 22.7. The summed E-state index contributed by atoms with van der Waals surface area (Å²) in [4.78, 5) is 35.3. The molecule has 1 amide bonds. The number of rotatable bonds is 5. The van der Waals surface area contributed by atoms with Gasteiger partial charge in [-0.2, -0.15) is 13.2 Å². The van der Waals surface area contributed by atoms with Gasteiger partial charge in [-0.15, -0.1) is 0 Å². The highest BCUT2D eigenvalue weighted by Crippen LogP contribution is 2.43. The Hall–Kier alpha value is -2.64. The second-order valence-electron chi connectivity index (χ2n) is 9.23. The number of ether oxygens (including phenoxy) is 2. The molecule has 196 valence electrons. The zero-order chi connectivity index (χ0) is 26.8. The summed E-state index contributed by atoms with van der Waals surface area (Å²) in [7, 11) is 0. The Bertz CT molecular complexity index is 1140. The van der Waals surface area contributed by atoms with Crippen LogP contribution in [0.1, 0.15) is 75.1 Å². The number of esters is 1. The standard InChI is InChI=1S/C24H28F3IN4O4/c1-6-14-11-17(30-21-29-12-16(28)19(31-21)20(33)36-23(3,4)5)15-10-13(24(25,26)27)8-9-18(15)32(14)22(34)35-7-2/h8-10,12,14,17H,6-7,11H2,1-5H3,(H,29,30,31)/t14-,17+/m1/s1. The van der Waals surface area contributed by atoms with Crippen LogP contribution < -0.4 is 10.2 Å². The first kappa shape index (κ1) is 27.9. The number of hydrogen-bond acceptors (Lipinski definition) is 7. The van der Waals surface area contributed by atoms with Crippen molar-refractivity contribution in [2.24, 2.45) is 0 Å². The molecule has 1 aromatic heterocycles. The predicted octanol–water partition coefficient (Wildman–Crippen LogP) is 6.35. The van der Waals surface area contributed by atoms with Gasteiger partial charge in [0.05, 0.1) is 27.5 Å². The van der Waals surface area contributed by atoms with E-state index < -0.39 is 35.4 Å². The summed E-state index contributed by atoms with van der Waals surface area (Å²) >= 11 is 1.92. The van der Waals surface area contributed by atoms with E-state index in [-0.39, 0.29) is 36.3 Å². The van der Waals surface area contributed by atoms with Crippen LogP contribution in [0.5, 0.6) is 0 Å². The van der Waals surface area contributed by atoms with Crippen LogP contribution >= 0.6 is 22.6 Å². The first-order valence-corrected chi connectivity index (χ1v) is 12.5. The van der Waals surface area contributed by atoms with Crippen LogP contribution in [0.25, 0.3) is 0 Å². The van der Waals surface area contributed by atoms with E-state index >= 15 is 0 Å². The molecule has 1 aliphatic rings. The Morgan fingerprint density at radius 3 is 2.50 bits per heavy atom. The molecule has 1 aromatic carbocycles. The Labute approximate surface area is 221 Å². The van der Waals surface area contributed by atoms with Gasteiger partial charge in [-0.25, -0.2) is 19.6 Å². The highest BCUT2D eigenvalue weighted by molar-refractivity contribution is 14.1. The van der Waals surface area contributed by atoms with Crippen LogP contribution in [0.3, 0.4) is 0 Å². The van der Waals surface area contributed by atoms with E-state index in [9.17, 15) is 22.8 Å². The highest BCUT2D eigenvalue weighted by atomic mass is 127. The lowest BCUT2D eigenvalue weighted by Crippen LogP contribution is -2.46. The van der Waals surface area contributed by atoms with Gasteiger partial charge in [-0.05, 0) is 86.9 Å². The third-order valence-electron chi connectivity index (χ3n) is 5.44. The monoisotopic (exact) mass is 620 g/mol. The number of carbonyl (C=O) groups excluding carboxylic acids is 2. The van der Waals surface area contributed by atoms with E-state index in [1.807, 2.05) is 29.5 Å². The maximum Gasteiger partial charge on any atom is 0.416 e. The molecule has 0 fully saturated rings. The van der Waals surface area contributed by atoms with Gasteiger partial charge < -0.3 is 14.8 Å². The van der Waals surface area contributed by atoms with Crippen molar-refractivity contribution >= 4 is 46.3 Å². The molecule has 8 nitrogen and oxygen atoms in total. The van der Waals surface area contributed by atoms with Crippen molar-refractivity contribution in [2.45, 2.75) is 71.3 Å². The SMILES string of the molecule is CCOC(=O)N1c2ccc(C(F)(F)F)cc2[C@@H](Nc2ncc(I)c(C(=O)OC(C)(C)C)n2)C[C@H]1CC. The first-order valence-electron chi connectivity index (χ1n) is 11.4. The number of benzene rings is 1. The topological polar surface area (TPSA) is 93.7 Å². The smallest absolute Gasteiger partial charge is 0.416 e. The molecule has 0 spiro atoms. The minimum atomic E-state index is -4.57. The maximum atomic E-state index is 13.6. The second-order valence-corrected chi connectivity index (χ2v) is 10.4. The summed E-state index contributed by atoms with van der Waals surface area (Å²) in [5, 5.41) is 3.08. The van der Waals surface area contributed by atoms with Crippen LogP contribution in [0, 0.1) is 3.57 Å². The predicted molar refractivity (Wildman–Crippen MR) is 136 cm³/mol.